The Balaban J connectivity index is 1.46. The number of nitrogens with zero attached hydrogens (tertiary/aromatic N) is 2. The molecule has 0 saturated carbocycles. The second-order valence-corrected chi connectivity index (χ2v) is 9.15. The van der Waals surface area contributed by atoms with Crippen LogP contribution in [0.15, 0.2) is 78.2 Å². The minimum atomic E-state index is -0.683. The lowest BCUT2D eigenvalue weighted by Gasteiger charge is -2.18. The smallest absolute Gasteiger partial charge is 0.262 e. The molecule has 7 heteroatoms. The van der Waals surface area contributed by atoms with E-state index in [0.29, 0.717) is 24.4 Å². The van der Waals surface area contributed by atoms with Gasteiger partial charge in [-0.25, -0.2) is 0 Å². The molecule has 34 heavy (non-hydrogen) atoms. The van der Waals surface area contributed by atoms with Crippen LogP contribution in [0, 0.1) is 13.8 Å². The predicted molar refractivity (Wildman–Crippen MR) is 135 cm³/mol. The average Bonchev–Trinajstić information content (AvgIpc) is 3.47. The van der Waals surface area contributed by atoms with E-state index in [4.69, 9.17) is 0 Å². The van der Waals surface area contributed by atoms with Crippen molar-refractivity contribution in [3.63, 3.8) is 0 Å². The Morgan fingerprint density at radius 2 is 1.62 bits per heavy atom. The number of hydrogen-bond donors (Lipinski definition) is 2. The first-order chi connectivity index (χ1) is 16.5. The van der Waals surface area contributed by atoms with Gasteiger partial charge in [0.05, 0.1) is 17.1 Å². The Bertz CT molecular complexity index is 1230. The summed E-state index contributed by atoms with van der Waals surface area (Å²) in [5.74, 6) is -0.461. The van der Waals surface area contributed by atoms with Crippen LogP contribution in [0.4, 0.5) is 0 Å². The van der Waals surface area contributed by atoms with Gasteiger partial charge < -0.3 is 10.6 Å². The molecule has 0 saturated heterocycles. The highest BCUT2D eigenvalue weighted by molar-refractivity contribution is 7.12. The Morgan fingerprint density at radius 1 is 0.941 bits per heavy atom. The summed E-state index contributed by atoms with van der Waals surface area (Å²) in [5, 5.41) is 12.5. The second kappa shape index (κ2) is 10.9. The molecular weight excluding hydrogens is 444 g/mol. The van der Waals surface area contributed by atoms with Crippen LogP contribution in [-0.4, -0.2) is 27.6 Å². The molecule has 0 aliphatic carbocycles. The number of hydrogen-bond acceptors (Lipinski definition) is 4. The van der Waals surface area contributed by atoms with Crippen molar-refractivity contribution in [3.05, 3.63) is 111 Å². The van der Waals surface area contributed by atoms with E-state index in [9.17, 15) is 9.59 Å². The molecule has 2 aromatic carbocycles. The van der Waals surface area contributed by atoms with E-state index in [1.54, 1.807) is 6.07 Å². The van der Waals surface area contributed by atoms with Crippen LogP contribution in [0.2, 0.25) is 0 Å². The maximum absolute atomic E-state index is 13.2. The SMILES string of the molecule is Cc1nn(Cc2ccccc2)c(C)c1CNC(=O)[C@H](Cc1ccccc1)NC(=O)c1cccs1. The van der Waals surface area contributed by atoms with Gasteiger partial charge in [-0.1, -0.05) is 66.7 Å². The normalized spacial score (nSPS) is 11.7. The molecule has 1 atom stereocenters. The summed E-state index contributed by atoms with van der Waals surface area (Å²) in [6.45, 7) is 5.00. The molecule has 2 heterocycles. The molecule has 0 radical (unpaired) electrons. The molecule has 0 bridgehead atoms. The van der Waals surface area contributed by atoms with E-state index in [1.807, 2.05) is 78.5 Å². The number of carbonyl (C=O) groups excluding carboxylic acids is 2. The number of rotatable bonds is 9. The van der Waals surface area contributed by atoms with E-state index in [-0.39, 0.29) is 11.8 Å². The molecule has 0 unspecified atom stereocenters. The zero-order chi connectivity index (χ0) is 23.9. The number of aromatic nitrogens is 2. The lowest BCUT2D eigenvalue weighted by Crippen LogP contribution is -2.47. The molecule has 0 aliphatic rings. The standard InChI is InChI=1S/C27H28N4O2S/c1-19-23(20(2)31(30-19)18-22-12-7-4-8-13-22)17-28-26(32)24(16-21-10-5-3-6-11-21)29-27(33)25-14-9-15-34-25/h3-15,24H,16-18H2,1-2H3,(H,28,32)(H,29,33)/t24-/m0/s1. The quantitative estimate of drug-likeness (QED) is 0.382. The third kappa shape index (κ3) is 5.80. The second-order valence-electron chi connectivity index (χ2n) is 8.20. The molecule has 0 fully saturated rings. The highest BCUT2D eigenvalue weighted by Crippen LogP contribution is 2.15. The number of aryl methyl sites for hydroxylation is 1. The fourth-order valence-electron chi connectivity index (χ4n) is 3.90. The first kappa shape index (κ1) is 23.4. The zero-order valence-electron chi connectivity index (χ0n) is 19.3. The van der Waals surface area contributed by atoms with Crippen molar-refractivity contribution < 1.29 is 9.59 Å². The van der Waals surface area contributed by atoms with E-state index in [1.165, 1.54) is 16.9 Å². The van der Waals surface area contributed by atoms with Crippen molar-refractivity contribution >= 4 is 23.2 Å². The number of amides is 2. The lowest BCUT2D eigenvalue weighted by atomic mass is 10.0. The van der Waals surface area contributed by atoms with Crippen LogP contribution in [0.25, 0.3) is 0 Å². The van der Waals surface area contributed by atoms with Gasteiger partial charge in [-0.05, 0) is 36.4 Å². The van der Waals surface area contributed by atoms with Crippen LogP contribution < -0.4 is 10.6 Å². The minimum Gasteiger partial charge on any atom is -0.350 e. The van der Waals surface area contributed by atoms with Gasteiger partial charge in [0.15, 0.2) is 0 Å². The molecule has 2 amide bonds. The monoisotopic (exact) mass is 472 g/mol. The molecule has 2 aromatic heterocycles. The van der Waals surface area contributed by atoms with Gasteiger partial charge in [-0.3, -0.25) is 14.3 Å². The lowest BCUT2D eigenvalue weighted by molar-refractivity contribution is -0.123. The molecular formula is C27H28N4O2S. The third-order valence-electron chi connectivity index (χ3n) is 5.80. The molecule has 2 N–H and O–H groups in total. The highest BCUT2D eigenvalue weighted by atomic mass is 32.1. The van der Waals surface area contributed by atoms with Crippen molar-refractivity contribution in [1.82, 2.24) is 20.4 Å². The fraction of sp³-hybridized carbons (Fsp3) is 0.222. The summed E-state index contributed by atoms with van der Waals surface area (Å²) >= 11 is 1.35. The molecule has 6 nitrogen and oxygen atoms in total. The molecule has 0 spiro atoms. The van der Waals surface area contributed by atoms with Gasteiger partial charge in [0.25, 0.3) is 5.91 Å². The Kier molecular flexibility index (Phi) is 7.54. The van der Waals surface area contributed by atoms with Crippen molar-refractivity contribution in [1.29, 1.82) is 0 Å². The number of benzene rings is 2. The summed E-state index contributed by atoms with van der Waals surface area (Å²) in [6.07, 6.45) is 0.412. The van der Waals surface area contributed by atoms with E-state index in [0.717, 1.165) is 22.5 Å². The Labute approximate surface area is 203 Å². The maximum Gasteiger partial charge on any atom is 0.262 e. The van der Waals surface area contributed by atoms with E-state index in [2.05, 4.69) is 27.9 Å². The zero-order valence-corrected chi connectivity index (χ0v) is 20.1. The summed E-state index contributed by atoms with van der Waals surface area (Å²) in [5.41, 5.74) is 5.05. The molecule has 4 rings (SSSR count). The van der Waals surface area contributed by atoms with Gasteiger partial charge in [-0.2, -0.15) is 5.10 Å². The van der Waals surface area contributed by atoms with Gasteiger partial charge in [0.2, 0.25) is 5.91 Å². The van der Waals surface area contributed by atoms with Gasteiger partial charge in [-0.15, -0.1) is 11.3 Å². The number of carbonyl (C=O) groups is 2. The Hall–Kier alpha value is -3.71. The van der Waals surface area contributed by atoms with Crippen molar-refractivity contribution in [2.45, 2.75) is 39.4 Å². The first-order valence-corrected chi connectivity index (χ1v) is 12.1. The minimum absolute atomic E-state index is 0.219. The summed E-state index contributed by atoms with van der Waals surface area (Å²) in [4.78, 5) is 26.5. The predicted octanol–water partition coefficient (Wildman–Crippen LogP) is 4.27. The van der Waals surface area contributed by atoms with Crippen LogP contribution in [-0.2, 0) is 24.3 Å². The third-order valence-corrected chi connectivity index (χ3v) is 6.66. The summed E-state index contributed by atoms with van der Waals surface area (Å²) in [7, 11) is 0. The molecule has 174 valence electrons. The topological polar surface area (TPSA) is 76.0 Å². The van der Waals surface area contributed by atoms with Gasteiger partial charge >= 0.3 is 0 Å². The van der Waals surface area contributed by atoms with Crippen LogP contribution >= 0.6 is 11.3 Å². The number of thiophene rings is 1. The summed E-state index contributed by atoms with van der Waals surface area (Å²) in [6, 6.07) is 22.8. The number of nitrogens with one attached hydrogen (secondary N) is 2. The Morgan fingerprint density at radius 3 is 2.26 bits per heavy atom. The van der Waals surface area contributed by atoms with E-state index < -0.39 is 6.04 Å². The molecule has 0 aliphatic heterocycles. The summed E-state index contributed by atoms with van der Waals surface area (Å²) < 4.78 is 1.96. The van der Waals surface area contributed by atoms with Crippen LogP contribution in [0.1, 0.15) is 37.7 Å². The van der Waals surface area contributed by atoms with Gasteiger partial charge in [0, 0.05) is 24.2 Å². The van der Waals surface area contributed by atoms with Crippen molar-refractivity contribution in [2.75, 3.05) is 0 Å². The highest BCUT2D eigenvalue weighted by Gasteiger charge is 2.23. The average molecular weight is 473 g/mol. The van der Waals surface area contributed by atoms with E-state index >= 15 is 0 Å². The molecule has 4 aromatic rings. The first-order valence-electron chi connectivity index (χ1n) is 11.2. The fourth-order valence-corrected chi connectivity index (χ4v) is 4.52. The van der Waals surface area contributed by atoms with Gasteiger partial charge in [0.1, 0.15) is 6.04 Å². The largest absolute Gasteiger partial charge is 0.350 e. The van der Waals surface area contributed by atoms with Crippen LogP contribution in [0.5, 0.6) is 0 Å². The maximum atomic E-state index is 13.2. The van der Waals surface area contributed by atoms with Crippen molar-refractivity contribution in [2.24, 2.45) is 0 Å². The van der Waals surface area contributed by atoms with Crippen molar-refractivity contribution in [3.8, 4) is 0 Å². The van der Waals surface area contributed by atoms with Crippen LogP contribution in [0.3, 0.4) is 0 Å².